The van der Waals surface area contributed by atoms with E-state index in [1.54, 1.807) is 7.11 Å². The van der Waals surface area contributed by atoms with Crippen LogP contribution < -0.4 is 4.74 Å². The van der Waals surface area contributed by atoms with Crippen molar-refractivity contribution in [3.8, 4) is 28.1 Å². The number of carbonyl (C=O) groups excluding carboxylic acids is 1. The van der Waals surface area contributed by atoms with Crippen molar-refractivity contribution in [3.05, 3.63) is 71.9 Å². The first-order valence-electron chi connectivity index (χ1n) is 12.4. The van der Waals surface area contributed by atoms with E-state index in [1.807, 2.05) is 17.0 Å². The summed E-state index contributed by atoms with van der Waals surface area (Å²) >= 11 is 0. The highest BCUT2D eigenvalue weighted by Crippen LogP contribution is 2.30. The van der Waals surface area contributed by atoms with Crippen molar-refractivity contribution in [3.63, 3.8) is 0 Å². The predicted molar refractivity (Wildman–Crippen MR) is 139 cm³/mol. The van der Waals surface area contributed by atoms with Crippen LogP contribution in [0.25, 0.3) is 22.4 Å². The maximum absolute atomic E-state index is 12.6. The monoisotopic (exact) mass is 456 g/mol. The molecule has 0 saturated carbocycles. The molecule has 178 valence electrons. The highest BCUT2D eigenvalue weighted by molar-refractivity contribution is 5.76. The number of hydrogen-bond donors (Lipinski definition) is 0. The van der Waals surface area contributed by atoms with Crippen LogP contribution in [-0.4, -0.2) is 36.0 Å². The Kier molecular flexibility index (Phi) is 7.35. The lowest BCUT2D eigenvalue weighted by Gasteiger charge is -2.21. The zero-order valence-corrected chi connectivity index (χ0v) is 20.9. The van der Waals surface area contributed by atoms with Crippen LogP contribution >= 0.6 is 0 Å². The van der Waals surface area contributed by atoms with E-state index in [4.69, 9.17) is 9.72 Å². The third kappa shape index (κ3) is 5.67. The largest absolute Gasteiger partial charge is 0.497 e. The summed E-state index contributed by atoms with van der Waals surface area (Å²) in [5, 5.41) is 0. The SMILES string of the molecule is COc1ccc(-c2ccc(-c3ccc(C(C)(C)C)cc3)nc2CCN2CCCCCC2=O)cc1. The smallest absolute Gasteiger partial charge is 0.222 e. The Morgan fingerprint density at radius 1 is 0.882 bits per heavy atom. The zero-order chi connectivity index (χ0) is 24.1. The Hall–Kier alpha value is -3.14. The molecule has 1 aliphatic rings. The van der Waals surface area contributed by atoms with Crippen LogP contribution in [0.1, 0.15) is 57.7 Å². The van der Waals surface area contributed by atoms with Gasteiger partial charge in [0.15, 0.2) is 0 Å². The lowest BCUT2D eigenvalue weighted by Crippen LogP contribution is -2.32. The number of carbonyl (C=O) groups is 1. The molecule has 0 atom stereocenters. The molecule has 34 heavy (non-hydrogen) atoms. The molecule has 0 radical (unpaired) electrons. The molecule has 4 heteroatoms. The minimum Gasteiger partial charge on any atom is -0.497 e. The number of pyridine rings is 1. The second-order valence-electron chi connectivity index (χ2n) is 10.2. The van der Waals surface area contributed by atoms with E-state index in [2.05, 4.69) is 69.3 Å². The van der Waals surface area contributed by atoms with E-state index in [0.29, 0.717) is 13.0 Å². The molecule has 4 nitrogen and oxygen atoms in total. The van der Waals surface area contributed by atoms with Gasteiger partial charge in [-0.2, -0.15) is 0 Å². The first kappa shape index (κ1) is 24.0. The lowest BCUT2D eigenvalue weighted by molar-refractivity contribution is -0.130. The van der Waals surface area contributed by atoms with Crippen molar-refractivity contribution >= 4 is 5.91 Å². The molecule has 0 bridgehead atoms. The molecule has 0 unspecified atom stereocenters. The normalized spacial score (nSPS) is 14.7. The second kappa shape index (κ2) is 10.4. The topological polar surface area (TPSA) is 42.4 Å². The average molecular weight is 457 g/mol. The molecule has 0 aliphatic carbocycles. The molecule has 1 aliphatic heterocycles. The third-order valence-corrected chi connectivity index (χ3v) is 6.71. The summed E-state index contributed by atoms with van der Waals surface area (Å²) in [5.41, 5.74) is 6.76. The summed E-state index contributed by atoms with van der Waals surface area (Å²) < 4.78 is 5.34. The average Bonchev–Trinajstić information content (AvgIpc) is 3.06. The molecular formula is C30H36N2O2. The highest BCUT2D eigenvalue weighted by Gasteiger charge is 2.18. The number of nitrogens with zero attached hydrogens (tertiary/aromatic N) is 2. The van der Waals surface area contributed by atoms with Gasteiger partial charge < -0.3 is 9.64 Å². The van der Waals surface area contributed by atoms with E-state index in [0.717, 1.165) is 66.1 Å². The van der Waals surface area contributed by atoms with Crippen LogP contribution in [-0.2, 0) is 16.6 Å². The predicted octanol–water partition coefficient (Wildman–Crippen LogP) is 6.67. The van der Waals surface area contributed by atoms with E-state index in [1.165, 1.54) is 5.56 Å². The van der Waals surface area contributed by atoms with Gasteiger partial charge in [-0.25, -0.2) is 0 Å². The van der Waals surface area contributed by atoms with Gasteiger partial charge in [-0.15, -0.1) is 0 Å². The molecule has 2 aromatic carbocycles. The molecule has 1 amide bonds. The highest BCUT2D eigenvalue weighted by atomic mass is 16.5. The van der Waals surface area contributed by atoms with Crippen LogP contribution in [0.3, 0.4) is 0 Å². The van der Waals surface area contributed by atoms with E-state index in [-0.39, 0.29) is 11.3 Å². The van der Waals surface area contributed by atoms with Crippen molar-refractivity contribution in [1.82, 2.24) is 9.88 Å². The molecule has 1 fully saturated rings. The van der Waals surface area contributed by atoms with Crippen molar-refractivity contribution in [2.75, 3.05) is 20.2 Å². The Labute approximate surface area is 204 Å². The summed E-state index contributed by atoms with van der Waals surface area (Å²) in [4.78, 5) is 19.7. The standard InChI is InChI=1S/C30H36N2O2/c1-30(2,3)24-13-9-23(10-14-24)27-18-17-26(22-11-15-25(34-4)16-12-22)28(31-27)19-21-32-20-7-5-6-8-29(32)33/h9-18H,5-8,19-21H2,1-4H3. The zero-order valence-electron chi connectivity index (χ0n) is 20.9. The van der Waals surface area contributed by atoms with Crippen molar-refractivity contribution in [2.45, 2.75) is 58.3 Å². The maximum atomic E-state index is 12.6. The minimum absolute atomic E-state index is 0.120. The van der Waals surface area contributed by atoms with Gasteiger partial charge in [0.05, 0.1) is 18.5 Å². The van der Waals surface area contributed by atoms with Gasteiger partial charge in [0.25, 0.3) is 0 Å². The van der Waals surface area contributed by atoms with E-state index >= 15 is 0 Å². The summed E-state index contributed by atoms with van der Waals surface area (Å²) in [6.45, 7) is 8.25. The molecule has 1 saturated heterocycles. The Morgan fingerprint density at radius 2 is 1.59 bits per heavy atom. The Balaban J connectivity index is 1.66. The van der Waals surface area contributed by atoms with E-state index < -0.39 is 0 Å². The van der Waals surface area contributed by atoms with Crippen molar-refractivity contribution in [1.29, 1.82) is 0 Å². The van der Waals surface area contributed by atoms with Crippen LogP contribution in [0.2, 0.25) is 0 Å². The van der Waals surface area contributed by atoms with Crippen LogP contribution in [0, 0.1) is 0 Å². The van der Waals surface area contributed by atoms with Crippen molar-refractivity contribution < 1.29 is 9.53 Å². The number of benzene rings is 2. The van der Waals surface area contributed by atoms with Gasteiger partial charge in [0.2, 0.25) is 5.91 Å². The second-order valence-corrected chi connectivity index (χ2v) is 10.2. The number of rotatable bonds is 6. The van der Waals surface area contributed by atoms with Gasteiger partial charge in [-0.1, -0.05) is 69.7 Å². The van der Waals surface area contributed by atoms with Crippen LogP contribution in [0.15, 0.2) is 60.7 Å². The summed E-state index contributed by atoms with van der Waals surface area (Å²) in [7, 11) is 1.68. The molecule has 3 aromatic rings. The quantitative estimate of drug-likeness (QED) is 0.416. The third-order valence-electron chi connectivity index (χ3n) is 6.71. The first-order valence-corrected chi connectivity index (χ1v) is 12.4. The number of likely N-dealkylation sites (tertiary alicyclic amines) is 1. The first-order chi connectivity index (χ1) is 16.3. The van der Waals surface area contributed by atoms with Crippen LogP contribution in [0.4, 0.5) is 0 Å². The number of methoxy groups -OCH3 is 1. The van der Waals surface area contributed by atoms with Gasteiger partial charge in [0, 0.05) is 37.1 Å². The Bertz CT molecular complexity index is 1110. The number of amides is 1. The Morgan fingerprint density at radius 3 is 2.26 bits per heavy atom. The summed E-state index contributed by atoms with van der Waals surface area (Å²) in [6, 6.07) is 21.1. The number of hydrogen-bond acceptors (Lipinski definition) is 3. The van der Waals surface area contributed by atoms with Gasteiger partial charge in [0.1, 0.15) is 5.75 Å². The summed E-state index contributed by atoms with van der Waals surface area (Å²) in [6.07, 6.45) is 4.63. The fraction of sp³-hybridized carbons (Fsp3) is 0.400. The fourth-order valence-electron chi connectivity index (χ4n) is 4.54. The lowest BCUT2D eigenvalue weighted by atomic mass is 9.86. The molecule has 4 rings (SSSR count). The molecule has 2 heterocycles. The van der Waals surface area contributed by atoms with E-state index in [9.17, 15) is 4.79 Å². The van der Waals surface area contributed by atoms with Crippen molar-refractivity contribution in [2.24, 2.45) is 0 Å². The molecule has 1 aromatic heterocycles. The molecule has 0 spiro atoms. The summed E-state index contributed by atoms with van der Waals surface area (Å²) in [5.74, 6) is 1.11. The van der Waals surface area contributed by atoms with Crippen LogP contribution in [0.5, 0.6) is 5.75 Å². The fourth-order valence-corrected chi connectivity index (χ4v) is 4.54. The molecule has 0 N–H and O–H groups in total. The molecular weight excluding hydrogens is 420 g/mol. The van der Waals surface area contributed by atoms with Gasteiger partial charge >= 0.3 is 0 Å². The van der Waals surface area contributed by atoms with Gasteiger partial charge in [-0.3, -0.25) is 9.78 Å². The van der Waals surface area contributed by atoms with Gasteiger partial charge in [-0.05, 0) is 47.6 Å². The maximum Gasteiger partial charge on any atom is 0.222 e. The minimum atomic E-state index is 0.120. The number of aromatic nitrogens is 1. The number of ether oxygens (including phenoxy) is 1.